The van der Waals surface area contributed by atoms with Gasteiger partial charge >= 0.3 is 0 Å². The molecule has 0 unspecified atom stereocenters. The summed E-state index contributed by atoms with van der Waals surface area (Å²) in [5.41, 5.74) is 6.92. The summed E-state index contributed by atoms with van der Waals surface area (Å²) < 4.78 is 6.21. The molecule has 2 fully saturated rings. The maximum atomic E-state index is 11.6. The molecule has 0 spiro atoms. The molecule has 1 aromatic rings. The van der Waals surface area contributed by atoms with Gasteiger partial charge in [-0.05, 0) is 43.5 Å². The van der Waals surface area contributed by atoms with Crippen molar-refractivity contribution in [3.05, 3.63) is 35.4 Å². The van der Waals surface area contributed by atoms with Crippen molar-refractivity contribution < 1.29 is 9.53 Å². The number of ether oxygens (including phenoxy) is 1. The van der Waals surface area contributed by atoms with Gasteiger partial charge in [-0.2, -0.15) is 0 Å². The Balaban J connectivity index is 0.00000208. The number of fused-ring (bicyclic) bond motifs is 2. The van der Waals surface area contributed by atoms with Gasteiger partial charge in [0.05, 0.1) is 0 Å². The molecule has 1 aromatic carbocycles. The van der Waals surface area contributed by atoms with Gasteiger partial charge in [0.1, 0.15) is 5.60 Å². The maximum absolute atomic E-state index is 11.6. The van der Waals surface area contributed by atoms with Crippen LogP contribution in [-0.2, 0) is 10.3 Å². The van der Waals surface area contributed by atoms with Gasteiger partial charge in [-0.15, -0.1) is 12.4 Å². The van der Waals surface area contributed by atoms with Crippen molar-refractivity contribution in [2.45, 2.75) is 38.2 Å². The Hall–Kier alpha value is -1.10. The normalized spacial score (nSPS) is 29.8. The quantitative estimate of drug-likeness (QED) is 0.885. The Morgan fingerprint density at radius 1 is 1.33 bits per heavy atom. The van der Waals surface area contributed by atoms with Crippen LogP contribution in [-0.4, -0.2) is 37.6 Å². The second kappa shape index (κ2) is 7.85. The first kappa shape index (κ1) is 19.2. The van der Waals surface area contributed by atoms with E-state index in [2.05, 4.69) is 17.9 Å². The molecule has 1 heterocycles. The van der Waals surface area contributed by atoms with E-state index in [-0.39, 0.29) is 23.9 Å². The molecule has 1 saturated carbocycles. The van der Waals surface area contributed by atoms with Gasteiger partial charge in [0.25, 0.3) is 0 Å². The minimum atomic E-state index is -0.369. The molecule has 5 heteroatoms. The van der Waals surface area contributed by atoms with E-state index < -0.39 is 0 Å². The molecule has 1 saturated heterocycles. The van der Waals surface area contributed by atoms with Crippen molar-refractivity contribution in [1.82, 2.24) is 4.90 Å². The van der Waals surface area contributed by atoms with E-state index >= 15 is 0 Å². The highest BCUT2D eigenvalue weighted by Crippen LogP contribution is 2.51. The van der Waals surface area contributed by atoms with Gasteiger partial charge in [0.15, 0.2) is 0 Å². The molecule has 24 heavy (non-hydrogen) atoms. The molecular weight excluding hydrogens is 324 g/mol. The summed E-state index contributed by atoms with van der Waals surface area (Å²) >= 11 is 0. The second-order valence-corrected chi connectivity index (χ2v) is 7.03. The minimum Gasteiger partial charge on any atom is -0.373 e. The van der Waals surface area contributed by atoms with Gasteiger partial charge in [-0.3, -0.25) is 4.79 Å². The van der Waals surface area contributed by atoms with E-state index in [1.165, 1.54) is 25.7 Å². The Kier molecular flexibility index (Phi) is 6.29. The highest BCUT2D eigenvalue weighted by Gasteiger charge is 2.52. The average Bonchev–Trinajstić information content (AvgIpc) is 2.54. The summed E-state index contributed by atoms with van der Waals surface area (Å²) in [7, 11) is 1.83. The summed E-state index contributed by atoms with van der Waals surface area (Å²) in [5.74, 6) is 0.594. The topological polar surface area (TPSA) is 55.6 Å². The third kappa shape index (κ3) is 3.19. The van der Waals surface area contributed by atoms with E-state index in [9.17, 15) is 4.79 Å². The molecule has 1 aliphatic carbocycles. The molecule has 2 N–H and O–H groups in total. The van der Waals surface area contributed by atoms with Crippen molar-refractivity contribution in [3.63, 3.8) is 0 Å². The Morgan fingerprint density at radius 3 is 2.54 bits per heavy atom. The number of piperidine rings is 1. The van der Waals surface area contributed by atoms with Crippen LogP contribution in [0.2, 0.25) is 0 Å². The Bertz CT molecular complexity index is 564. The van der Waals surface area contributed by atoms with Gasteiger partial charge in [0, 0.05) is 37.6 Å². The third-order valence-electron chi connectivity index (χ3n) is 5.75. The number of nitrogens with two attached hydrogens (primary N) is 1. The first-order chi connectivity index (χ1) is 11.1. The first-order valence-corrected chi connectivity index (χ1v) is 8.79. The van der Waals surface area contributed by atoms with Crippen LogP contribution in [0.3, 0.4) is 0 Å². The van der Waals surface area contributed by atoms with Gasteiger partial charge in [0.2, 0.25) is 5.91 Å². The number of halogens is 1. The fraction of sp³-hybridized carbons (Fsp3) is 0.632. The van der Waals surface area contributed by atoms with Crippen molar-refractivity contribution in [2.24, 2.45) is 17.6 Å². The van der Waals surface area contributed by atoms with Crippen LogP contribution in [0.5, 0.6) is 0 Å². The zero-order valence-corrected chi connectivity index (χ0v) is 15.5. The number of benzene rings is 1. The summed E-state index contributed by atoms with van der Waals surface area (Å²) in [4.78, 5) is 14.2. The van der Waals surface area contributed by atoms with Crippen LogP contribution >= 0.6 is 12.4 Å². The van der Waals surface area contributed by atoms with Crippen LogP contribution in [0.25, 0.3) is 0 Å². The van der Waals surface area contributed by atoms with E-state index in [1.54, 1.807) is 6.07 Å². The maximum Gasteiger partial charge on any atom is 0.248 e. The van der Waals surface area contributed by atoms with E-state index in [1.807, 2.05) is 19.2 Å². The molecule has 3 rings (SSSR count). The Morgan fingerprint density at radius 2 is 2.00 bits per heavy atom. The lowest BCUT2D eigenvalue weighted by atomic mass is 9.62. The Labute approximate surface area is 151 Å². The number of carbonyl (C=O) groups excluding carboxylic acids is 1. The lowest BCUT2D eigenvalue weighted by Gasteiger charge is -2.55. The molecule has 0 radical (unpaired) electrons. The molecule has 1 amide bonds. The molecular formula is C19H29ClN2O2. The summed E-state index contributed by atoms with van der Waals surface area (Å²) in [6.07, 6.45) is 4.84. The number of likely N-dealkylation sites (tertiary alicyclic amines) is 1. The van der Waals surface area contributed by atoms with Crippen LogP contribution in [0.15, 0.2) is 24.3 Å². The smallest absolute Gasteiger partial charge is 0.248 e. The molecule has 2 bridgehead atoms. The number of nitrogens with zero attached hydrogens (tertiary/aromatic N) is 1. The van der Waals surface area contributed by atoms with E-state index in [0.29, 0.717) is 17.4 Å². The lowest BCUT2D eigenvalue weighted by Crippen LogP contribution is -2.59. The summed E-state index contributed by atoms with van der Waals surface area (Å²) in [6.45, 7) is 5.57. The van der Waals surface area contributed by atoms with Gasteiger partial charge in [-0.1, -0.05) is 25.5 Å². The predicted octanol–water partition coefficient (Wildman–Crippen LogP) is 3.19. The van der Waals surface area contributed by atoms with Crippen LogP contribution in [0, 0.1) is 11.8 Å². The van der Waals surface area contributed by atoms with E-state index in [4.69, 9.17) is 10.5 Å². The predicted molar refractivity (Wildman–Crippen MR) is 98.5 cm³/mol. The minimum absolute atomic E-state index is 0. The second-order valence-electron chi connectivity index (χ2n) is 7.03. The number of amides is 1. The van der Waals surface area contributed by atoms with Gasteiger partial charge in [-0.25, -0.2) is 0 Å². The first-order valence-electron chi connectivity index (χ1n) is 8.79. The number of hydrogen-bond acceptors (Lipinski definition) is 3. The number of carbonyl (C=O) groups is 1. The van der Waals surface area contributed by atoms with Gasteiger partial charge < -0.3 is 15.4 Å². The number of rotatable bonds is 5. The molecule has 2 aliphatic rings. The van der Waals surface area contributed by atoms with Crippen LogP contribution in [0.1, 0.15) is 48.5 Å². The highest BCUT2D eigenvalue weighted by molar-refractivity contribution is 5.92. The van der Waals surface area contributed by atoms with E-state index in [0.717, 1.165) is 25.2 Å². The summed E-state index contributed by atoms with van der Waals surface area (Å²) in [6, 6.07) is 7.78. The van der Waals surface area contributed by atoms with Crippen LogP contribution in [0.4, 0.5) is 0 Å². The molecule has 4 nitrogen and oxygen atoms in total. The number of primary amides is 1. The van der Waals surface area contributed by atoms with Crippen molar-refractivity contribution in [2.75, 3.05) is 26.7 Å². The van der Waals surface area contributed by atoms with Crippen molar-refractivity contribution in [3.8, 4) is 0 Å². The largest absolute Gasteiger partial charge is 0.373 e. The lowest BCUT2D eigenvalue weighted by molar-refractivity contribution is -0.168. The van der Waals surface area contributed by atoms with Crippen molar-refractivity contribution in [1.29, 1.82) is 0 Å². The zero-order valence-electron chi connectivity index (χ0n) is 14.7. The zero-order chi connectivity index (χ0) is 16.4. The molecule has 134 valence electrons. The third-order valence-corrected chi connectivity index (χ3v) is 5.75. The standard InChI is InChI=1S/C19H28N2O2.ClH/c1-3-10-21-12-16-8-5-9-17(13-21)19(16,23-2)15-7-4-6-14(11-15)18(20)22;/h4,6-7,11,16-17H,3,5,8-10,12-13H2,1-2H3,(H2,20,22);1H/t16-,17+,19+;. The monoisotopic (exact) mass is 352 g/mol. The van der Waals surface area contributed by atoms with Crippen molar-refractivity contribution >= 4 is 18.3 Å². The fourth-order valence-corrected chi connectivity index (χ4v) is 4.86. The highest BCUT2D eigenvalue weighted by atomic mass is 35.5. The SMILES string of the molecule is CCCN1C[C@H]2CCC[C@@H](C1)[C@]2(OC)c1cccc(C(N)=O)c1.Cl. The average molecular weight is 353 g/mol. The van der Waals surface area contributed by atoms with Crippen LogP contribution < -0.4 is 5.73 Å². The molecule has 3 atom stereocenters. The molecule has 1 aliphatic heterocycles. The molecule has 0 aromatic heterocycles. The number of hydrogen-bond donors (Lipinski definition) is 1. The summed E-state index contributed by atoms with van der Waals surface area (Å²) in [5, 5.41) is 0. The fourth-order valence-electron chi connectivity index (χ4n) is 4.86. The number of methoxy groups -OCH3 is 1.